The summed E-state index contributed by atoms with van der Waals surface area (Å²) in [7, 11) is 0. The first-order chi connectivity index (χ1) is 9.06. The van der Waals surface area contributed by atoms with Gasteiger partial charge < -0.3 is 9.84 Å². The van der Waals surface area contributed by atoms with Gasteiger partial charge in [-0.25, -0.2) is 0 Å². The Bertz CT molecular complexity index is 346. The first-order valence-corrected chi connectivity index (χ1v) is 7.94. The molecule has 0 saturated carbocycles. The van der Waals surface area contributed by atoms with Crippen molar-refractivity contribution in [3.63, 3.8) is 0 Å². The third-order valence-corrected chi connectivity index (χ3v) is 3.75. The Morgan fingerprint density at radius 3 is 1.76 bits per heavy atom. The maximum atomic E-state index is 11.3. The lowest BCUT2D eigenvalue weighted by atomic mass is 9.70. The minimum Gasteiger partial charge on any atom is -0.481 e. The second kappa shape index (κ2) is 6.68. The molecule has 0 unspecified atom stereocenters. The molecule has 21 heavy (non-hydrogen) atoms. The summed E-state index contributed by atoms with van der Waals surface area (Å²) in [6.45, 7) is 19.4. The smallest absolute Gasteiger partial charge is 0.309 e. The van der Waals surface area contributed by atoms with E-state index >= 15 is 0 Å². The summed E-state index contributed by atoms with van der Waals surface area (Å²) in [5.74, 6) is -0.734. The maximum absolute atomic E-state index is 11.3. The number of carboxylic acid groups (broad SMARTS) is 1. The zero-order valence-electron chi connectivity index (χ0n) is 15.6. The molecule has 0 aromatic heterocycles. The molecular weight excluding hydrogens is 264 g/mol. The molecule has 0 fully saturated rings. The van der Waals surface area contributed by atoms with Crippen LogP contribution in [-0.2, 0) is 9.53 Å². The average molecular weight is 300 g/mol. The summed E-state index contributed by atoms with van der Waals surface area (Å²) in [5, 5.41) is 9.30. The van der Waals surface area contributed by atoms with E-state index < -0.39 is 11.4 Å². The summed E-state index contributed by atoms with van der Waals surface area (Å²) >= 11 is 0. The zero-order valence-corrected chi connectivity index (χ0v) is 15.6. The molecule has 0 saturated heterocycles. The molecule has 3 heteroatoms. The average Bonchev–Trinajstić information content (AvgIpc) is 2.09. The number of rotatable bonds is 8. The molecule has 0 amide bonds. The predicted octanol–water partition coefficient (Wildman–Crippen LogP) is 5.14. The first kappa shape index (κ1) is 20.4. The maximum Gasteiger partial charge on any atom is 0.309 e. The number of carboxylic acids is 1. The van der Waals surface area contributed by atoms with Crippen LogP contribution in [-0.4, -0.2) is 23.3 Å². The van der Waals surface area contributed by atoms with Crippen molar-refractivity contribution in [2.24, 2.45) is 16.2 Å². The standard InChI is InChI=1S/C18H36O3/c1-15(2,3)10-11-21-18(8,9)13-16(4,5)12-17(6,7)14(19)20/h10-13H2,1-9H3,(H,19,20). The van der Waals surface area contributed by atoms with Crippen molar-refractivity contribution in [3.8, 4) is 0 Å². The fourth-order valence-corrected chi connectivity index (χ4v) is 3.17. The topological polar surface area (TPSA) is 46.5 Å². The van der Waals surface area contributed by atoms with E-state index in [1.165, 1.54) is 0 Å². The van der Waals surface area contributed by atoms with Gasteiger partial charge in [-0.2, -0.15) is 0 Å². The van der Waals surface area contributed by atoms with E-state index in [2.05, 4.69) is 48.5 Å². The molecule has 0 aromatic rings. The fourth-order valence-electron chi connectivity index (χ4n) is 3.17. The third-order valence-electron chi connectivity index (χ3n) is 3.75. The highest BCUT2D eigenvalue weighted by Crippen LogP contribution is 2.40. The SMILES string of the molecule is CC(C)(C)CCOC(C)(C)CC(C)(C)CC(C)(C)C(=O)O. The monoisotopic (exact) mass is 300 g/mol. The summed E-state index contributed by atoms with van der Waals surface area (Å²) in [6, 6.07) is 0. The summed E-state index contributed by atoms with van der Waals surface area (Å²) in [5.41, 5.74) is -0.738. The van der Waals surface area contributed by atoms with Gasteiger partial charge in [0, 0.05) is 6.61 Å². The van der Waals surface area contributed by atoms with Crippen molar-refractivity contribution in [1.29, 1.82) is 0 Å². The number of hydrogen-bond donors (Lipinski definition) is 1. The van der Waals surface area contributed by atoms with Gasteiger partial charge in [-0.05, 0) is 57.8 Å². The van der Waals surface area contributed by atoms with Crippen LogP contribution in [0.2, 0.25) is 0 Å². The van der Waals surface area contributed by atoms with Gasteiger partial charge in [-0.15, -0.1) is 0 Å². The lowest BCUT2D eigenvalue weighted by molar-refractivity contribution is -0.149. The van der Waals surface area contributed by atoms with Gasteiger partial charge in [-0.3, -0.25) is 4.79 Å². The van der Waals surface area contributed by atoms with Crippen molar-refractivity contribution < 1.29 is 14.6 Å². The van der Waals surface area contributed by atoms with Crippen molar-refractivity contribution in [2.75, 3.05) is 6.61 Å². The quantitative estimate of drug-likeness (QED) is 0.675. The van der Waals surface area contributed by atoms with Crippen LogP contribution < -0.4 is 0 Å². The lowest BCUT2D eigenvalue weighted by Crippen LogP contribution is -2.37. The molecule has 3 nitrogen and oxygen atoms in total. The van der Waals surface area contributed by atoms with Crippen molar-refractivity contribution in [1.82, 2.24) is 0 Å². The highest BCUT2D eigenvalue weighted by atomic mass is 16.5. The molecule has 0 aliphatic carbocycles. The normalized spacial score (nSPS) is 14.3. The van der Waals surface area contributed by atoms with Crippen molar-refractivity contribution >= 4 is 5.97 Å². The molecular formula is C18H36O3. The number of aliphatic carboxylic acids is 1. The van der Waals surface area contributed by atoms with Gasteiger partial charge in [0.15, 0.2) is 0 Å². The Kier molecular flexibility index (Phi) is 6.50. The van der Waals surface area contributed by atoms with Crippen LogP contribution >= 0.6 is 0 Å². The van der Waals surface area contributed by atoms with Gasteiger partial charge in [0.05, 0.1) is 11.0 Å². The Labute approximate surface area is 131 Å². The van der Waals surface area contributed by atoms with Crippen molar-refractivity contribution in [2.45, 2.75) is 87.2 Å². The number of carbonyl (C=O) groups is 1. The van der Waals surface area contributed by atoms with Gasteiger partial charge in [0.2, 0.25) is 0 Å². The molecule has 0 aromatic carbocycles. The molecule has 0 heterocycles. The summed E-state index contributed by atoms with van der Waals surface area (Å²) < 4.78 is 6.07. The molecule has 0 radical (unpaired) electrons. The minimum absolute atomic E-state index is 0.0763. The molecule has 0 aliphatic rings. The van der Waals surface area contributed by atoms with E-state index in [0.717, 1.165) is 19.4 Å². The predicted molar refractivity (Wildman–Crippen MR) is 88.5 cm³/mol. The van der Waals surface area contributed by atoms with E-state index in [1.54, 1.807) is 13.8 Å². The highest BCUT2D eigenvalue weighted by molar-refractivity contribution is 5.73. The lowest BCUT2D eigenvalue weighted by Gasteiger charge is -2.38. The second-order valence-corrected chi connectivity index (χ2v) is 9.63. The van der Waals surface area contributed by atoms with E-state index in [1.807, 2.05) is 0 Å². The Balaban J connectivity index is 4.58. The molecule has 0 atom stereocenters. The van der Waals surface area contributed by atoms with E-state index in [4.69, 9.17) is 4.74 Å². The van der Waals surface area contributed by atoms with Crippen LogP contribution in [0.1, 0.15) is 81.6 Å². The minimum atomic E-state index is -0.734. The number of ether oxygens (including phenoxy) is 1. The Hall–Kier alpha value is -0.570. The molecule has 126 valence electrons. The van der Waals surface area contributed by atoms with Gasteiger partial charge in [0.1, 0.15) is 0 Å². The highest BCUT2D eigenvalue weighted by Gasteiger charge is 2.38. The van der Waals surface area contributed by atoms with E-state index in [-0.39, 0.29) is 16.4 Å². The van der Waals surface area contributed by atoms with Crippen LogP contribution in [0.15, 0.2) is 0 Å². The van der Waals surface area contributed by atoms with Crippen molar-refractivity contribution in [3.05, 3.63) is 0 Å². The number of hydrogen-bond acceptors (Lipinski definition) is 2. The van der Waals surface area contributed by atoms with Gasteiger partial charge >= 0.3 is 5.97 Å². The molecule has 1 N–H and O–H groups in total. The van der Waals surface area contributed by atoms with Crippen LogP contribution in [0.4, 0.5) is 0 Å². The second-order valence-electron chi connectivity index (χ2n) is 9.63. The summed E-state index contributed by atoms with van der Waals surface area (Å²) in [6.07, 6.45) is 2.51. The van der Waals surface area contributed by atoms with Crippen LogP contribution in [0.3, 0.4) is 0 Å². The first-order valence-electron chi connectivity index (χ1n) is 7.94. The third kappa shape index (κ3) is 9.13. The largest absolute Gasteiger partial charge is 0.481 e. The van der Waals surface area contributed by atoms with E-state index in [9.17, 15) is 9.90 Å². The summed E-state index contributed by atoms with van der Waals surface area (Å²) in [4.78, 5) is 11.3. The van der Waals surface area contributed by atoms with E-state index in [0.29, 0.717) is 6.42 Å². The zero-order chi connectivity index (χ0) is 17.1. The van der Waals surface area contributed by atoms with Crippen LogP contribution in [0.5, 0.6) is 0 Å². The van der Waals surface area contributed by atoms with Gasteiger partial charge in [-0.1, -0.05) is 34.6 Å². The van der Waals surface area contributed by atoms with Crippen LogP contribution in [0.25, 0.3) is 0 Å². The molecule has 0 bridgehead atoms. The Morgan fingerprint density at radius 1 is 0.905 bits per heavy atom. The molecule has 0 spiro atoms. The van der Waals surface area contributed by atoms with Crippen LogP contribution in [0, 0.1) is 16.2 Å². The van der Waals surface area contributed by atoms with Gasteiger partial charge in [0.25, 0.3) is 0 Å². The fraction of sp³-hybridized carbons (Fsp3) is 0.944. The molecule has 0 aliphatic heterocycles. The molecule has 0 rings (SSSR count). The Morgan fingerprint density at radius 2 is 1.38 bits per heavy atom.